The van der Waals surface area contributed by atoms with Crippen LogP contribution in [0.4, 0.5) is 10.3 Å². The zero-order valence-corrected chi connectivity index (χ0v) is 19.6. The predicted octanol–water partition coefficient (Wildman–Crippen LogP) is 3.83. The Morgan fingerprint density at radius 2 is 2.03 bits per heavy atom. The molecule has 33 heavy (non-hydrogen) atoms. The van der Waals surface area contributed by atoms with Gasteiger partial charge in [0.25, 0.3) is 0 Å². The summed E-state index contributed by atoms with van der Waals surface area (Å²) in [6.45, 7) is 10.1. The maximum absolute atomic E-state index is 13.0. The third-order valence-electron chi connectivity index (χ3n) is 5.81. The van der Waals surface area contributed by atoms with Crippen molar-refractivity contribution in [2.24, 2.45) is 0 Å². The number of nitrogen functional groups attached to an aromatic ring is 1. The van der Waals surface area contributed by atoms with Crippen LogP contribution < -0.4 is 5.73 Å². The Kier molecular flexibility index (Phi) is 5.77. The summed E-state index contributed by atoms with van der Waals surface area (Å²) in [6, 6.07) is 6.26. The lowest BCUT2D eigenvalue weighted by atomic mass is 10.1. The Balaban J connectivity index is 0.000000250. The molecule has 1 saturated heterocycles. The first-order valence-electron chi connectivity index (χ1n) is 11.0. The first-order chi connectivity index (χ1) is 15.6. The quantitative estimate of drug-likeness (QED) is 0.493. The number of likely N-dealkylation sites (tertiary alicyclic amines) is 1. The molecule has 1 fully saturated rings. The summed E-state index contributed by atoms with van der Waals surface area (Å²) in [5, 5.41) is 4.17. The Hall–Kier alpha value is -3.56. The van der Waals surface area contributed by atoms with Crippen molar-refractivity contribution in [2.75, 3.05) is 18.8 Å². The number of nitrogens with zero attached hydrogens (tertiary/aromatic N) is 7. The minimum Gasteiger partial charge on any atom is -0.367 e. The topological polar surface area (TPSA) is 107 Å². The maximum Gasteiger partial charge on any atom is 0.238 e. The van der Waals surface area contributed by atoms with Crippen molar-refractivity contribution >= 4 is 28.5 Å². The molecule has 0 saturated carbocycles. The average molecular weight is 455 g/mol. The number of aromatic nitrogens is 6. The molecule has 1 amide bonds. The van der Waals surface area contributed by atoms with Crippen LogP contribution in [0.1, 0.15) is 47.4 Å². The van der Waals surface area contributed by atoms with Crippen LogP contribution in [-0.2, 0) is 4.79 Å². The number of carbonyl (C=O) groups is 1. The fourth-order valence-electron chi connectivity index (χ4n) is 4.18. The highest BCUT2D eigenvalue weighted by Gasteiger charge is 2.34. The number of imidazole rings is 1. The summed E-state index contributed by atoms with van der Waals surface area (Å²) in [7, 11) is 0. The number of hydrogen-bond acceptors (Lipinski definition) is 6. The molecular formula is C23H31FN8O. The average Bonchev–Trinajstić information content (AvgIpc) is 3.41. The van der Waals surface area contributed by atoms with E-state index in [-0.39, 0.29) is 19.8 Å². The van der Waals surface area contributed by atoms with E-state index in [0.29, 0.717) is 19.0 Å². The van der Waals surface area contributed by atoms with Gasteiger partial charge in [-0.15, -0.1) is 5.10 Å². The van der Waals surface area contributed by atoms with Crippen LogP contribution in [0.15, 0.2) is 30.6 Å². The first kappa shape index (κ1) is 22.6. The van der Waals surface area contributed by atoms with Crippen molar-refractivity contribution in [1.82, 2.24) is 34.0 Å². The van der Waals surface area contributed by atoms with Crippen LogP contribution in [0, 0.1) is 6.92 Å². The van der Waals surface area contributed by atoms with Gasteiger partial charge in [0.05, 0.1) is 24.0 Å². The van der Waals surface area contributed by atoms with Crippen LogP contribution in [0.3, 0.4) is 0 Å². The second-order valence-electron chi connectivity index (χ2n) is 8.94. The molecule has 4 aromatic rings. The largest absolute Gasteiger partial charge is 0.367 e. The molecule has 4 aromatic heterocycles. The van der Waals surface area contributed by atoms with Crippen molar-refractivity contribution in [2.45, 2.75) is 52.8 Å². The van der Waals surface area contributed by atoms with Crippen molar-refractivity contribution in [3.8, 4) is 11.3 Å². The molecule has 0 spiro atoms. The van der Waals surface area contributed by atoms with E-state index in [1.807, 2.05) is 31.3 Å². The molecule has 1 unspecified atom stereocenters. The summed E-state index contributed by atoms with van der Waals surface area (Å²) in [4.78, 5) is 25.7. The summed E-state index contributed by atoms with van der Waals surface area (Å²) in [5.74, 6) is 1.19. The van der Waals surface area contributed by atoms with Crippen molar-refractivity contribution in [3.05, 3.63) is 36.4 Å². The van der Waals surface area contributed by atoms with Gasteiger partial charge in [0.15, 0.2) is 5.65 Å². The molecule has 0 bridgehead atoms. The van der Waals surface area contributed by atoms with Gasteiger partial charge in [-0.3, -0.25) is 4.79 Å². The molecule has 5 heterocycles. The molecule has 1 aliphatic rings. The van der Waals surface area contributed by atoms with E-state index >= 15 is 0 Å². The van der Waals surface area contributed by atoms with Gasteiger partial charge in [-0.25, -0.2) is 23.9 Å². The predicted molar refractivity (Wildman–Crippen MR) is 128 cm³/mol. The zero-order chi connectivity index (χ0) is 23.9. The lowest BCUT2D eigenvalue weighted by Gasteiger charge is -2.14. The molecule has 5 rings (SSSR count). The van der Waals surface area contributed by atoms with E-state index in [1.165, 1.54) is 13.8 Å². The number of nitrogens with two attached hydrogens (primary N) is 1. The fourth-order valence-corrected chi connectivity index (χ4v) is 4.18. The summed E-state index contributed by atoms with van der Waals surface area (Å²) >= 11 is 0. The Bertz CT molecular complexity index is 1330. The third-order valence-corrected chi connectivity index (χ3v) is 5.81. The molecule has 1 atom stereocenters. The molecule has 176 valence electrons. The van der Waals surface area contributed by atoms with Gasteiger partial charge < -0.3 is 15.2 Å². The monoisotopic (exact) mass is 454 g/mol. The molecule has 9 nitrogen and oxygen atoms in total. The van der Waals surface area contributed by atoms with E-state index < -0.39 is 5.67 Å². The normalized spacial score (nSPS) is 18.2. The van der Waals surface area contributed by atoms with E-state index in [9.17, 15) is 9.18 Å². The second kappa shape index (κ2) is 8.42. The number of amides is 1. The van der Waals surface area contributed by atoms with Crippen LogP contribution in [-0.4, -0.2) is 58.7 Å². The summed E-state index contributed by atoms with van der Waals surface area (Å²) in [6.07, 6.45) is 4.06. The van der Waals surface area contributed by atoms with Crippen molar-refractivity contribution < 1.29 is 10.6 Å². The Morgan fingerprint density at radius 1 is 1.27 bits per heavy atom. The van der Waals surface area contributed by atoms with E-state index in [1.54, 1.807) is 15.6 Å². The molecule has 10 heteroatoms. The van der Waals surface area contributed by atoms with Gasteiger partial charge in [-0.1, -0.05) is 0 Å². The number of rotatable bonds is 2. The number of aryl methyl sites for hydroxylation is 1. The van der Waals surface area contributed by atoms with Crippen LogP contribution in [0.2, 0.25) is 0 Å². The second-order valence-corrected chi connectivity index (χ2v) is 8.94. The van der Waals surface area contributed by atoms with Crippen LogP contribution in [0.25, 0.3) is 27.9 Å². The Labute approximate surface area is 192 Å². The van der Waals surface area contributed by atoms with Gasteiger partial charge in [0, 0.05) is 39.1 Å². The van der Waals surface area contributed by atoms with Gasteiger partial charge in [0.1, 0.15) is 17.0 Å². The number of anilines is 1. The molecule has 2 N–H and O–H groups in total. The highest BCUT2D eigenvalue weighted by atomic mass is 19.1. The molecule has 1 aliphatic heterocycles. The van der Waals surface area contributed by atoms with E-state index in [2.05, 4.69) is 33.5 Å². The third kappa shape index (κ3) is 4.50. The van der Waals surface area contributed by atoms with Gasteiger partial charge >= 0.3 is 0 Å². The highest BCUT2D eigenvalue weighted by Crippen LogP contribution is 2.27. The summed E-state index contributed by atoms with van der Waals surface area (Å²) < 4.78 is 16.9. The van der Waals surface area contributed by atoms with E-state index in [0.717, 1.165) is 33.8 Å². The smallest absolute Gasteiger partial charge is 0.238 e. The standard InChI is InChI=1S/C16H17N7.C7H12FNO.H2/c1-9(2)23-10(3)19-13-5-4-12(20-15(13)23)11-6-7-22-14(11)8-18-16(17)21-22;1-6(10)9-4-3-7(2,8)5-9;/h4-9H,1-3H3,(H2,17,21);3-5H2,1-2H3;1H. The van der Waals surface area contributed by atoms with Gasteiger partial charge in [-0.05, 0) is 45.9 Å². The van der Waals surface area contributed by atoms with Crippen molar-refractivity contribution in [3.63, 3.8) is 0 Å². The van der Waals surface area contributed by atoms with Crippen molar-refractivity contribution in [1.29, 1.82) is 0 Å². The van der Waals surface area contributed by atoms with Gasteiger partial charge in [0.2, 0.25) is 11.9 Å². The number of alkyl halides is 1. The number of hydrogen-bond donors (Lipinski definition) is 1. The lowest BCUT2D eigenvalue weighted by molar-refractivity contribution is -0.128. The SMILES string of the molecule is CC(=O)N1CCC(C)(F)C1.Cc1nc2ccc(-c3ccn4nc(N)ncc34)nc2n1C(C)C.[HH]. The molecule has 0 aliphatic carbocycles. The maximum atomic E-state index is 13.0. The number of halogens is 1. The van der Waals surface area contributed by atoms with Crippen LogP contribution >= 0.6 is 0 Å². The van der Waals surface area contributed by atoms with E-state index in [4.69, 9.17) is 10.7 Å². The Morgan fingerprint density at radius 3 is 2.64 bits per heavy atom. The minimum absolute atomic E-state index is 0. The number of pyridine rings is 1. The fraction of sp³-hybridized carbons (Fsp3) is 0.435. The molecule has 0 radical (unpaired) electrons. The summed E-state index contributed by atoms with van der Waals surface area (Å²) in [5.41, 5.74) is 9.00. The zero-order valence-electron chi connectivity index (χ0n) is 19.6. The first-order valence-corrected chi connectivity index (χ1v) is 11.0. The number of fused-ring (bicyclic) bond motifs is 2. The minimum atomic E-state index is -1.15. The molecule has 0 aromatic carbocycles. The van der Waals surface area contributed by atoms with Crippen LogP contribution in [0.5, 0.6) is 0 Å². The molecular weight excluding hydrogens is 423 g/mol. The number of carbonyl (C=O) groups excluding carboxylic acids is 1. The van der Waals surface area contributed by atoms with Gasteiger partial charge in [-0.2, -0.15) is 0 Å². The highest BCUT2D eigenvalue weighted by molar-refractivity contribution is 5.82. The lowest BCUT2D eigenvalue weighted by Crippen LogP contribution is -2.29.